The van der Waals surface area contributed by atoms with Gasteiger partial charge in [-0.15, -0.1) is 23.5 Å². The summed E-state index contributed by atoms with van der Waals surface area (Å²) in [4.78, 5) is 0. The Bertz CT molecular complexity index is 192. The van der Waals surface area contributed by atoms with Crippen molar-refractivity contribution in [1.82, 2.24) is 0 Å². The summed E-state index contributed by atoms with van der Waals surface area (Å²) < 4.78 is 6.85. The van der Waals surface area contributed by atoms with Gasteiger partial charge in [-0.1, -0.05) is 0 Å². The van der Waals surface area contributed by atoms with E-state index in [1.165, 1.54) is 37.2 Å². The highest BCUT2D eigenvalue weighted by molar-refractivity contribution is 8.17. The molecule has 2 unspecified atom stereocenters. The predicted molar refractivity (Wildman–Crippen MR) is 66.1 cm³/mol. The minimum absolute atomic E-state index is 0.146. The normalized spacial score (nSPS) is 41.1. The Hall–Kier alpha value is 0.660. The molecule has 2 atom stereocenters. The minimum Gasteiger partial charge on any atom is -0.370 e. The molecule has 0 aliphatic carbocycles. The number of hydrogen-bond donors (Lipinski definition) is 0. The fourth-order valence-corrected chi connectivity index (χ4v) is 5.58. The molecule has 0 saturated carbocycles. The fourth-order valence-electron chi connectivity index (χ4n) is 2.33. The SMILES string of the molecule is CC1CCCC(C)(C2SCCCS2)O1. The number of hydrogen-bond acceptors (Lipinski definition) is 3. The van der Waals surface area contributed by atoms with Gasteiger partial charge in [-0.3, -0.25) is 0 Å². The Kier molecular flexibility index (Phi) is 3.72. The molecule has 0 radical (unpaired) electrons. The lowest BCUT2D eigenvalue weighted by molar-refractivity contribution is -0.0994. The van der Waals surface area contributed by atoms with Gasteiger partial charge in [-0.25, -0.2) is 0 Å². The van der Waals surface area contributed by atoms with Crippen molar-refractivity contribution in [1.29, 1.82) is 0 Å². The van der Waals surface area contributed by atoms with Crippen LogP contribution in [0.15, 0.2) is 0 Å². The second-order valence-electron chi connectivity index (χ2n) is 4.56. The van der Waals surface area contributed by atoms with Crippen molar-refractivity contribution < 1.29 is 4.74 Å². The number of rotatable bonds is 1. The molecule has 14 heavy (non-hydrogen) atoms. The highest BCUT2D eigenvalue weighted by Gasteiger charge is 2.40. The first-order valence-corrected chi connectivity index (χ1v) is 7.71. The predicted octanol–water partition coefficient (Wildman–Crippen LogP) is 3.53. The molecule has 2 rings (SSSR count). The van der Waals surface area contributed by atoms with Gasteiger partial charge in [0, 0.05) is 0 Å². The molecule has 0 N–H and O–H groups in total. The standard InChI is InChI=1S/C11H20OS2/c1-9-5-3-6-11(2,12-9)10-13-7-4-8-14-10/h9-10H,3-8H2,1-2H3. The van der Waals surface area contributed by atoms with E-state index in [2.05, 4.69) is 37.4 Å². The van der Waals surface area contributed by atoms with Crippen LogP contribution in [0.5, 0.6) is 0 Å². The monoisotopic (exact) mass is 232 g/mol. The average Bonchev–Trinajstić information content (AvgIpc) is 2.19. The molecule has 0 aromatic rings. The third kappa shape index (κ3) is 2.42. The van der Waals surface area contributed by atoms with Gasteiger partial charge in [0.1, 0.15) is 0 Å². The number of ether oxygens (including phenoxy) is 1. The highest BCUT2D eigenvalue weighted by Crippen LogP contribution is 2.44. The average molecular weight is 232 g/mol. The van der Waals surface area contributed by atoms with Gasteiger partial charge in [0.05, 0.1) is 16.3 Å². The molecule has 2 aliphatic rings. The van der Waals surface area contributed by atoms with Gasteiger partial charge in [0.25, 0.3) is 0 Å². The van der Waals surface area contributed by atoms with E-state index in [4.69, 9.17) is 4.74 Å². The summed E-state index contributed by atoms with van der Waals surface area (Å²) in [6.45, 7) is 4.54. The first-order chi connectivity index (χ1) is 6.71. The molecule has 0 bridgehead atoms. The second-order valence-corrected chi connectivity index (χ2v) is 7.28. The molecule has 1 nitrogen and oxygen atoms in total. The maximum atomic E-state index is 6.17. The summed E-state index contributed by atoms with van der Waals surface area (Å²) >= 11 is 4.22. The quantitative estimate of drug-likeness (QED) is 0.684. The summed E-state index contributed by atoms with van der Waals surface area (Å²) in [6.07, 6.45) is 5.68. The van der Waals surface area contributed by atoms with Crippen LogP contribution in [0.1, 0.15) is 39.5 Å². The maximum Gasteiger partial charge on any atom is 0.0867 e. The molecular weight excluding hydrogens is 212 g/mol. The minimum atomic E-state index is 0.146. The molecule has 3 heteroatoms. The van der Waals surface area contributed by atoms with E-state index in [9.17, 15) is 0 Å². The van der Waals surface area contributed by atoms with Crippen molar-refractivity contribution in [3.8, 4) is 0 Å². The summed E-state index contributed by atoms with van der Waals surface area (Å²) in [6, 6.07) is 0. The van der Waals surface area contributed by atoms with Crippen LogP contribution in [0, 0.1) is 0 Å². The van der Waals surface area contributed by atoms with Crippen LogP contribution in [0.2, 0.25) is 0 Å². The largest absolute Gasteiger partial charge is 0.370 e. The van der Waals surface area contributed by atoms with E-state index >= 15 is 0 Å². The summed E-state index contributed by atoms with van der Waals surface area (Å²) in [5.74, 6) is 2.65. The van der Waals surface area contributed by atoms with Crippen molar-refractivity contribution >= 4 is 23.5 Å². The summed E-state index contributed by atoms with van der Waals surface area (Å²) in [7, 11) is 0. The number of thioether (sulfide) groups is 2. The zero-order valence-electron chi connectivity index (χ0n) is 9.12. The van der Waals surface area contributed by atoms with Crippen molar-refractivity contribution in [2.24, 2.45) is 0 Å². The van der Waals surface area contributed by atoms with Crippen LogP contribution in [0.25, 0.3) is 0 Å². The lowest BCUT2D eigenvalue weighted by Crippen LogP contribution is -2.45. The molecule has 0 spiro atoms. The Morgan fingerprint density at radius 2 is 1.93 bits per heavy atom. The van der Waals surface area contributed by atoms with Gasteiger partial charge < -0.3 is 4.74 Å². The summed E-state index contributed by atoms with van der Waals surface area (Å²) in [5, 5.41) is 0. The van der Waals surface area contributed by atoms with Crippen LogP contribution in [0.3, 0.4) is 0 Å². The maximum absolute atomic E-state index is 6.17. The Morgan fingerprint density at radius 1 is 1.21 bits per heavy atom. The fraction of sp³-hybridized carbons (Fsp3) is 1.00. The zero-order chi connectivity index (χ0) is 10.0. The smallest absolute Gasteiger partial charge is 0.0867 e. The van der Waals surface area contributed by atoms with Gasteiger partial charge in [0.2, 0.25) is 0 Å². The molecule has 2 fully saturated rings. The van der Waals surface area contributed by atoms with E-state index in [0.29, 0.717) is 10.7 Å². The Labute approximate surface area is 95.7 Å². The van der Waals surface area contributed by atoms with E-state index < -0.39 is 0 Å². The van der Waals surface area contributed by atoms with Gasteiger partial charge in [-0.05, 0) is 51.0 Å². The molecule has 0 amide bonds. The zero-order valence-corrected chi connectivity index (χ0v) is 10.8. The van der Waals surface area contributed by atoms with Crippen molar-refractivity contribution in [2.45, 2.75) is 55.8 Å². The lowest BCUT2D eigenvalue weighted by atomic mass is 9.95. The van der Waals surface area contributed by atoms with Crippen molar-refractivity contribution in [3.63, 3.8) is 0 Å². The van der Waals surface area contributed by atoms with Crippen LogP contribution in [-0.2, 0) is 4.74 Å². The first kappa shape index (κ1) is 11.2. The van der Waals surface area contributed by atoms with Gasteiger partial charge in [-0.2, -0.15) is 0 Å². The second kappa shape index (κ2) is 4.67. The third-order valence-electron chi connectivity index (χ3n) is 3.08. The van der Waals surface area contributed by atoms with E-state index in [0.717, 1.165) is 0 Å². The van der Waals surface area contributed by atoms with E-state index in [1.54, 1.807) is 0 Å². The van der Waals surface area contributed by atoms with E-state index in [1.807, 2.05) is 0 Å². The molecule has 2 heterocycles. The van der Waals surface area contributed by atoms with Crippen LogP contribution in [0.4, 0.5) is 0 Å². The highest BCUT2D eigenvalue weighted by atomic mass is 32.2. The van der Waals surface area contributed by atoms with Crippen LogP contribution >= 0.6 is 23.5 Å². The van der Waals surface area contributed by atoms with Crippen LogP contribution in [-0.4, -0.2) is 27.8 Å². The lowest BCUT2D eigenvalue weighted by Gasteiger charge is -2.43. The molecule has 82 valence electrons. The van der Waals surface area contributed by atoms with Crippen LogP contribution < -0.4 is 0 Å². The third-order valence-corrected chi connectivity index (χ3v) is 6.55. The van der Waals surface area contributed by atoms with Gasteiger partial charge in [0.15, 0.2) is 0 Å². The Balaban J connectivity index is 1.98. The molecule has 2 aliphatic heterocycles. The molecule has 0 aromatic carbocycles. The Morgan fingerprint density at radius 3 is 2.57 bits per heavy atom. The topological polar surface area (TPSA) is 9.23 Å². The first-order valence-electron chi connectivity index (χ1n) is 5.62. The van der Waals surface area contributed by atoms with Gasteiger partial charge >= 0.3 is 0 Å². The molecule has 0 aromatic heterocycles. The van der Waals surface area contributed by atoms with Crippen molar-refractivity contribution in [3.05, 3.63) is 0 Å². The molecular formula is C11H20OS2. The van der Waals surface area contributed by atoms with Crippen molar-refractivity contribution in [2.75, 3.05) is 11.5 Å². The molecule has 2 saturated heterocycles. The summed E-state index contributed by atoms with van der Waals surface area (Å²) in [5.41, 5.74) is 0.146. The van der Waals surface area contributed by atoms with E-state index in [-0.39, 0.29) is 5.60 Å².